The highest BCUT2D eigenvalue weighted by Crippen LogP contribution is 2.22. The Morgan fingerprint density at radius 1 is 1.17 bits per heavy atom. The molecule has 3 N–H and O–H groups in total. The smallest absolute Gasteiger partial charge is 0.221 e. The van der Waals surface area contributed by atoms with Gasteiger partial charge in [0.05, 0.1) is 13.2 Å². The van der Waals surface area contributed by atoms with Gasteiger partial charge in [0.2, 0.25) is 5.91 Å². The lowest BCUT2D eigenvalue weighted by Crippen LogP contribution is -2.31. The van der Waals surface area contributed by atoms with Crippen molar-refractivity contribution in [3.05, 3.63) is 65.5 Å². The van der Waals surface area contributed by atoms with Crippen molar-refractivity contribution < 1.29 is 13.9 Å². The van der Waals surface area contributed by atoms with Crippen molar-refractivity contribution in [2.75, 3.05) is 13.7 Å². The van der Waals surface area contributed by atoms with Crippen molar-refractivity contribution in [3.63, 3.8) is 0 Å². The largest absolute Gasteiger partial charge is 0.497 e. The van der Waals surface area contributed by atoms with Gasteiger partial charge < -0.3 is 15.8 Å². The average Bonchev–Trinajstić information content (AvgIpc) is 2.56. The fourth-order valence-corrected chi connectivity index (χ4v) is 2.34. The minimum atomic E-state index is -0.276. The molecular formula is C18H21FN2O2. The number of methoxy groups -OCH3 is 1. The minimum Gasteiger partial charge on any atom is -0.497 e. The molecule has 0 heterocycles. The molecule has 0 spiro atoms. The first-order valence-electron chi connectivity index (χ1n) is 7.50. The molecule has 1 amide bonds. The van der Waals surface area contributed by atoms with Crippen molar-refractivity contribution in [3.8, 4) is 5.75 Å². The third kappa shape index (κ3) is 5.07. The Morgan fingerprint density at radius 2 is 1.83 bits per heavy atom. The van der Waals surface area contributed by atoms with Crippen LogP contribution in [0.25, 0.3) is 0 Å². The molecule has 4 nitrogen and oxygen atoms in total. The number of halogens is 1. The van der Waals surface area contributed by atoms with Gasteiger partial charge in [-0.05, 0) is 41.8 Å². The quantitative estimate of drug-likeness (QED) is 0.825. The van der Waals surface area contributed by atoms with Crippen molar-refractivity contribution >= 4 is 5.91 Å². The molecule has 0 aliphatic heterocycles. The maximum absolute atomic E-state index is 13.0. The topological polar surface area (TPSA) is 64.3 Å². The summed E-state index contributed by atoms with van der Waals surface area (Å²) < 4.78 is 18.2. The lowest BCUT2D eigenvalue weighted by atomic mass is 9.98. The molecule has 0 aliphatic rings. The second-order valence-corrected chi connectivity index (χ2v) is 5.26. The Kier molecular flexibility index (Phi) is 6.11. The number of carbonyl (C=O) groups is 1. The first-order chi connectivity index (χ1) is 11.1. The molecule has 0 fully saturated rings. The molecule has 0 radical (unpaired) electrons. The molecule has 0 aromatic heterocycles. The monoisotopic (exact) mass is 316 g/mol. The fraction of sp³-hybridized carbons (Fsp3) is 0.278. The number of rotatable bonds is 7. The van der Waals surface area contributed by atoms with E-state index in [1.807, 2.05) is 24.3 Å². The lowest BCUT2D eigenvalue weighted by molar-refractivity contribution is -0.121. The van der Waals surface area contributed by atoms with Gasteiger partial charge in [-0.3, -0.25) is 4.79 Å². The van der Waals surface area contributed by atoms with Crippen molar-refractivity contribution in [2.45, 2.75) is 18.9 Å². The molecule has 23 heavy (non-hydrogen) atoms. The highest BCUT2D eigenvalue weighted by molar-refractivity contribution is 5.76. The van der Waals surface area contributed by atoms with Crippen LogP contribution in [0.3, 0.4) is 0 Å². The van der Waals surface area contributed by atoms with Crippen LogP contribution in [-0.2, 0) is 11.2 Å². The molecule has 2 aromatic carbocycles. The van der Waals surface area contributed by atoms with Gasteiger partial charge in [-0.25, -0.2) is 4.39 Å². The number of nitrogens with one attached hydrogen (secondary N) is 1. The van der Waals surface area contributed by atoms with Crippen LogP contribution in [0.5, 0.6) is 5.75 Å². The Hall–Kier alpha value is -2.40. The summed E-state index contributed by atoms with van der Waals surface area (Å²) >= 11 is 0. The summed E-state index contributed by atoms with van der Waals surface area (Å²) in [5.74, 6) is 0.375. The summed E-state index contributed by atoms with van der Waals surface area (Å²) in [6.07, 6.45) is 0.846. The van der Waals surface area contributed by atoms with E-state index in [1.165, 1.54) is 12.1 Å². The van der Waals surface area contributed by atoms with Crippen LogP contribution in [0.4, 0.5) is 4.39 Å². The molecule has 0 bridgehead atoms. The van der Waals surface area contributed by atoms with E-state index < -0.39 is 0 Å². The highest BCUT2D eigenvalue weighted by Gasteiger charge is 2.15. The van der Waals surface area contributed by atoms with Crippen molar-refractivity contribution in [2.24, 2.45) is 5.73 Å². The van der Waals surface area contributed by atoms with Crippen molar-refractivity contribution in [1.82, 2.24) is 5.32 Å². The molecule has 1 unspecified atom stereocenters. The standard InChI is InChI=1S/C18H21FN2O2/c1-23-16-8-4-14(5-9-16)17(21-18(22)10-11-20)12-13-2-6-15(19)7-3-13/h2-9,17H,10-12,20H2,1H3,(H,21,22). The Labute approximate surface area is 135 Å². The molecule has 2 aromatic rings. The van der Waals surface area contributed by atoms with Gasteiger partial charge in [-0.15, -0.1) is 0 Å². The summed E-state index contributed by atoms with van der Waals surface area (Å²) in [5.41, 5.74) is 7.34. The summed E-state index contributed by atoms with van der Waals surface area (Å²) in [6.45, 7) is 0.303. The van der Waals surface area contributed by atoms with Gasteiger partial charge in [-0.2, -0.15) is 0 Å². The van der Waals surface area contributed by atoms with Gasteiger partial charge in [0.15, 0.2) is 0 Å². The van der Waals surface area contributed by atoms with Gasteiger partial charge in [0, 0.05) is 13.0 Å². The normalized spacial score (nSPS) is 11.8. The number of carbonyl (C=O) groups excluding carboxylic acids is 1. The molecule has 5 heteroatoms. The predicted octanol–water partition coefficient (Wildman–Crippen LogP) is 2.58. The fourth-order valence-electron chi connectivity index (χ4n) is 2.34. The number of hydrogen-bond donors (Lipinski definition) is 2. The van der Waals surface area contributed by atoms with E-state index in [0.717, 1.165) is 16.9 Å². The van der Waals surface area contributed by atoms with E-state index in [2.05, 4.69) is 5.32 Å². The minimum absolute atomic E-state index is 0.101. The van der Waals surface area contributed by atoms with E-state index in [1.54, 1.807) is 19.2 Å². The van der Waals surface area contributed by atoms with Gasteiger partial charge >= 0.3 is 0 Å². The zero-order valence-corrected chi connectivity index (χ0v) is 13.1. The number of benzene rings is 2. The predicted molar refractivity (Wildman–Crippen MR) is 87.7 cm³/mol. The molecule has 1 atom stereocenters. The zero-order valence-electron chi connectivity index (χ0n) is 13.1. The van der Waals surface area contributed by atoms with Gasteiger partial charge in [0.1, 0.15) is 11.6 Å². The summed E-state index contributed by atoms with van der Waals surface area (Å²) in [6, 6.07) is 13.6. The van der Waals surface area contributed by atoms with Crippen LogP contribution >= 0.6 is 0 Å². The Bertz CT molecular complexity index is 626. The number of hydrogen-bond acceptors (Lipinski definition) is 3. The van der Waals surface area contributed by atoms with E-state index in [0.29, 0.717) is 13.0 Å². The third-order valence-electron chi connectivity index (χ3n) is 3.58. The maximum atomic E-state index is 13.0. The summed E-state index contributed by atoms with van der Waals surface area (Å²) in [4.78, 5) is 11.9. The van der Waals surface area contributed by atoms with Gasteiger partial charge in [-0.1, -0.05) is 24.3 Å². The van der Waals surface area contributed by atoms with Crippen LogP contribution in [0, 0.1) is 5.82 Å². The first-order valence-corrected chi connectivity index (χ1v) is 7.50. The van der Waals surface area contributed by atoms with Gasteiger partial charge in [0.25, 0.3) is 0 Å². The Morgan fingerprint density at radius 3 is 2.39 bits per heavy atom. The summed E-state index contributed by atoms with van der Waals surface area (Å²) in [5, 5.41) is 2.98. The second kappa shape index (κ2) is 8.29. The molecule has 122 valence electrons. The molecular weight excluding hydrogens is 295 g/mol. The third-order valence-corrected chi connectivity index (χ3v) is 3.58. The number of amides is 1. The molecule has 0 saturated carbocycles. The maximum Gasteiger partial charge on any atom is 0.221 e. The van der Waals surface area contributed by atoms with Crippen LogP contribution in [0.1, 0.15) is 23.6 Å². The average molecular weight is 316 g/mol. The zero-order chi connectivity index (χ0) is 16.7. The highest BCUT2D eigenvalue weighted by atomic mass is 19.1. The van der Waals surface area contributed by atoms with E-state index >= 15 is 0 Å². The van der Waals surface area contributed by atoms with Crippen LogP contribution in [0.15, 0.2) is 48.5 Å². The second-order valence-electron chi connectivity index (χ2n) is 5.26. The van der Waals surface area contributed by atoms with E-state index in [9.17, 15) is 9.18 Å². The SMILES string of the molecule is COc1ccc(C(Cc2ccc(F)cc2)NC(=O)CCN)cc1. The van der Waals surface area contributed by atoms with Crippen LogP contribution in [0.2, 0.25) is 0 Å². The Balaban J connectivity index is 2.19. The molecule has 0 saturated heterocycles. The lowest BCUT2D eigenvalue weighted by Gasteiger charge is -2.20. The number of nitrogens with two attached hydrogens (primary N) is 1. The first kappa shape index (κ1) is 17.0. The van der Waals surface area contributed by atoms with E-state index in [-0.39, 0.29) is 24.2 Å². The molecule has 2 rings (SSSR count). The van der Waals surface area contributed by atoms with E-state index in [4.69, 9.17) is 10.5 Å². The molecule has 0 aliphatic carbocycles. The summed E-state index contributed by atoms with van der Waals surface area (Å²) in [7, 11) is 1.61. The van der Waals surface area contributed by atoms with Crippen LogP contribution in [-0.4, -0.2) is 19.6 Å². The number of ether oxygens (including phenoxy) is 1. The van der Waals surface area contributed by atoms with Crippen molar-refractivity contribution in [1.29, 1.82) is 0 Å². The van der Waals surface area contributed by atoms with Crippen LogP contribution < -0.4 is 15.8 Å².